The molecule has 2 rings (SSSR count). The molecule has 0 spiro atoms. The van der Waals surface area contributed by atoms with E-state index in [0.29, 0.717) is 16.0 Å². The van der Waals surface area contributed by atoms with Gasteiger partial charge in [-0.2, -0.15) is 0 Å². The van der Waals surface area contributed by atoms with Crippen LogP contribution in [0.4, 0.5) is 0 Å². The van der Waals surface area contributed by atoms with Gasteiger partial charge in [-0.15, -0.1) is 0 Å². The van der Waals surface area contributed by atoms with Gasteiger partial charge in [0.05, 0.1) is 12.7 Å². The number of ketones is 1. The van der Waals surface area contributed by atoms with Gasteiger partial charge >= 0.3 is 0 Å². The monoisotopic (exact) mass is 274 g/mol. The number of hydrogen-bond donors (Lipinski definition) is 1. The van der Waals surface area contributed by atoms with Gasteiger partial charge in [0.1, 0.15) is 16.2 Å². The predicted octanol–water partition coefficient (Wildman–Crippen LogP) is 3.33. The Morgan fingerprint density at radius 2 is 1.95 bits per heavy atom. The minimum absolute atomic E-state index is 0.0764. The van der Waals surface area contributed by atoms with E-state index in [1.807, 2.05) is 31.2 Å². The van der Waals surface area contributed by atoms with Crippen molar-refractivity contribution in [3.63, 3.8) is 0 Å². The van der Waals surface area contributed by atoms with Crippen LogP contribution in [0.5, 0.6) is 5.75 Å². The zero-order valence-corrected chi connectivity index (χ0v) is 11.8. The van der Waals surface area contributed by atoms with Crippen molar-refractivity contribution < 1.29 is 9.53 Å². The number of Topliss-reactive ketones (excluding diaryl/α,β-unsaturated/α-hetero) is 1. The van der Waals surface area contributed by atoms with Crippen molar-refractivity contribution >= 4 is 18.0 Å². The molecule has 0 aliphatic rings. The van der Waals surface area contributed by atoms with Crippen LogP contribution in [-0.2, 0) is 0 Å². The molecule has 0 saturated carbocycles. The van der Waals surface area contributed by atoms with Crippen molar-refractivity contribution in [2.24, 2.45) is 0 Å². The topological polar surface area (TPSA) is 55.0 Å². The number of H-pyrrole nitrogens is 1. The SMILES string of the molecule is COc1ccc(-c2nc(=S)c(C(C)=O)c(C)[nH]2)cc1. The number of aromatic nitrogens is 2. The van der Waals surface area contributed by atoms with E-state index in [-0.39, 0.29) is 5.78 Å². The van der Waals surface area contributed by atoms with Crippen molar-refractivity contribution in [3.8, 4) is 17.1 Å². The number of rotatable bonds is 3. The second-order valence-electron chi connectivity index (χ2n) is 4.18. The minimum Gasteiger partial charge on any atom is -0.497 e. The molecule has 0 atom stereocenters. The fourth-order valence-corrected chi connectivity index (χ4v) is 2.27. The molecule has 5 heteroatoms. The Hall–Kier alpha value is -2.01. The van der Waals surface area contributed by atoms with Gasteiger partial charge in [0.15, 0.2) is 5.78 Å². The fraction of sp³-hybridized carbons (Fsp3) is 0.214. The predicted molar refractivity (Wildman–Crippen MR) is 76.2 cm³/mol. The van der Waals surface area contributed by atoms with Crippen molar-refractivity contribution in [2.75, 3.05) is 7.11 Å². The van der Waals surface area contributed by atoms with Crippen LogP contribution in [0.1, 0.15) is 23.0 Å². The standard InChI is InChI=1S/C14H14N2O2S/c1-8-12(9(2)17)14(19)16-13(15-8)10-4-6-11(18-3)7-5-10/h4-7H,1-3H3,(H,15,16,19). The van der Waals surface area contributed by atoms with E-state index in [1.165, 1.54) is 6.92 Å². The number of carbonyl (C=O) groups is 1. The number of ether oxygens (including phenoxy) is 1. The highest BCUT2D eigenvalue weighted by atomic mass is 32.1. The van der Waals surface area contributed by atoms with Gasteiger partial charge in [0.25, 0.3) is 0 Å². The number of benzene rings is 1. The number of aryl methyl sites for hydroxylation is 1. The van der Waals surface area contributed by atoms with E-state index in [0.717, 1.165) is 17.0 Å². The van der Waals surface area contributed by atoms with Crippen molar-refractivity contribution in [3.05, 3.63) is 40.2 Å². The molecule has 98 valence electrons. The molecule has 0 radical (unpaired) electrons. The number of aromatic amines is 1. The minimum atomic E-state index is -0.0764. The molecule has 1 N–H and O–H groups in total. The molecule has 0 bridgehead atoms. The molecule has 19 heavy (non-hydrogen) atoms. The van der Waals surface area contributed by atoms with Crippen LogP contribution in [-0.4, -0.2) is 22.9 Å². The molecule has 0 amide bonds. The van der Waals surface area contributed by atoms with Crippen LogP contribution in [0.15, 0.2) is 24.3 Å². The van der Waals surface area contributed by atoms with Gasteiger partial charge in [0, 0.05) is 11.3 Å². The van der Waals surface area contributed by atoms with E-state index in [4.69, 9.17) is 17.0 Å². The van der Waals surface area contributed by atoms with Crippen LogP contribution in [0.2, 0.25) is 0 Å². The third-order valence-electron chi connectivity index (χ3n) is 2.82. The van der Waals surface area contributed by atoms with Crippen LogP contribution < -0.4 is 4.74 Å². The Morgan fingerprint density at radius 1 is 1.32 bits per heavy atom. The summed E-state index contributed by atoms with van der Waals surface area (Å²) in [4.78, 5) is 18.9. The maximum absolute atomic E-state index is 11.5. The third-order valence-corrected chi connectivity index (χ3v) is 3.12. The summed E-state index contributed by atoms with van der Waals surface area (Å²) in [5, 5.41) is 0. The molecule has 0 fully saturated rings. The molecule has 1 aromatic heterocycles. The van der Waals surface area contributed by atoms with Crippen molar-refractivity contribution in [2.45, 2.75) is 13.8 Å². The Kier molecular flexibility index (Phi) is 3.76. The normalized spacial score (nSPS) is 10.3. The molecule has 0 aliphatic heterocycles. The first-order valence-corrected chi connectivity index (χ1v) is 6.20. The number of carbonyl (C=O) groups excluding carboxylic acids is 1. The van der Waals surface area contributed by atoms with E-state index in [2.05, 4.69) is 9.97 Å². The van der Waals surface area contributed by atoms with Gasteiger partial charge in [-0.25, -0.2) is 4.98 Å². The lowest BCUT2D eigenvalue weighted by Crippen LogP contribution is -2.04. The molecule has 0 saturated heterocycles. The fourth-order valence-electron chi connectivity index (χ4n) is 1.89. The van der Waals surface area contributed by atoms with Crippen LogP contribution in [0, 0.1) is 11.6 Å². The van der Waals surface area contributed by atoms with Gasteiger partial charge < -0.3 is 9.72 Å². The van der Waals surface area contributed by atoms with Crippen LogP contribution in [0.3, 0.4) is 0 Å². The Balaban J connectivity index is 2.52. The van der Waals surface area contributed by atoms with Crippen LogP contribution >= 0.6 is 12.2 Å². The average Bonchev–Trinajstić information content (AvgIpc) is 2.37. The smallest absolute Gasteiger partial charge is 0.164 e. The number of nitrogens with zero attached hydrogens (tertiary/aromatic N) is 1. The highest BCUT2D eigenvalue weighted by molar-refractivity contribution is 7.71. The van der Waals surface area contributed by atoms with Gasteiger partial charge in [-0.05, 0) is 38.1 Å². The lowest BCUT2D eigenvalue weighted by molar-refractivity contribution is 0.101. The number of hydrogen-bond acceptors (Lipinski definition) is 4. The molecule has 1 aromatic carbocycles. The maximum atomic E-state index is 11.5. The molecule has 0 aliphatic carbocycles. The summed E-state index contributed by atoms with van der Waals surface area (Å²) < 4.78 is 5.44. The summed E-state index contributed by atoms with van der Waals surface area (Å²) in [6.45, 7) is 3.31. The molecule has 0 unspecified atom stereocenters. The van der Waals surface area contributed by atoms with Gasteiger partial charge in [-0.3, -0.25) is 4.79 Å². The van der Waals surface area contributed by atoms with Crippen molar-refractivity contribution in [1.29, 1.82) is 0 Å². The summed E-state index contributed by atoms with van der Waals surface area (Å²) in [7, 11) is 1.62. The van der Waals surface area contributed by atoms with Gasteiger partial charge in [0.2, 0.25) is 0 Å². The van der Waals surface area contributed by atoms with E-state index in [1.54, 1.807) is 7.11 Å². The Morgan fingerprint density at radius 3 is 2.42 bits per heavy atom. The second-order valence-corrected chi connectivity index (χ2v) is 4.56. The summed E-state index contributed by atoms with van der Waals surface area (Å²) in [5.41, 5.74) is 2.11. The Bertz CT molecular complexity index is 675. The number of nitrogens with one attached hydrogen (secondary N) is 1. The molecule has 2 aromatic rings. The summed E-state index contributed by atoms with van der Waals surface area (Å²) in [6, 6.07) is 7.48. The summed E-state index contributed by atoms with van der Waals surface area (Å²) in [6.07, 6.45) is 0. The average molecular weight is 274 g/mol. The molecular formula is C14H14N2O2S. The maximum Gasteiger partial charge on any atom is 0.164 e. The zero-order valence-electron chi connectivity index (χ0n) is 11.0. The van der Waals surface area contributed by atoms with Gasteiger partial charge in [-0.1, -0.05) is 12.2 Å². The molecule has 1 heterocycles. The summed E-state index contributed by atoms with van der Waals surface area (Å²) >= 11 is 5.18. The van der Waals surface area contributed by atoms with Crippen molar-refractivity contribution in [1.82, 2.24) is 9.97 Å². The van der Waals surface area contributed by atoms with Crippen LogP contribution in [0.25, 0.3) is 11.4 Å². The first-order valence-electron chi connectivity index (χ1n) is 5.79. The zero-order chi connectivity index (χ0) is 14.0. The molecule has 4 nitrogen and oxygen atoms in total. The quantitative estimate of drug-likeness (QED) is 0.689. The first-order chi connectivity index (χ1) is 9.02. The second kappa shape index (κ2) is 5.32. The number of methoxy groups -OCH3 is 1. The lowest BCUT2D eigenvalue weighted by Gasteiger charge is -2.07. The first kappa shape index (κ1) is 13.4. The largest absolute Gasteiger partial charge is 0.497 e. The van der Waals surface area contributed by atoms with E-state index in [9.17, 15) is 4.79 Å². The molecular weight excluding hydrogens is 260 g/mol. The summed E-state index contributed by atoms with van der Waals surface area (Å²) in [5.74, 6) is 1.35. The third kappa shape index (κ3) is 2.71. The van der Waals surface area contributed by atoms with E-state index >= 15 is 0 Å². The van der Waals surface area contributed by atoms with E-state index < -0.39 is 0 Å². The highest BCUT2D eigenvalue weighted by Crippen LogP contribution is 2.20. The lowest BCUT2D eigenvalue weighted by atomic mass is 10.1. The highest BCUT2D eigenvalue weighted by Gasteiger charge is 2.10. The Labute approximate surface area is 116 Å².